The molecule has 1 atom stereocenters. The highest BCUT2D eigenvalue weighted by molar-refractivity contribution is 5.79. The van der Waals surface area contributed by atoms with Gasteiger partial charge in [-0.15, -0.1) is 0 Å². The first-order valence-electron chi connectivity index (χ1n) is 7.41. The summed E-state index contributed by atoms with van der Waals surface area (Å²) in [6.07, 6.45) is 8.44. The van der Waals surface area contributed by atoms with Crippen molar-refractivity contribution in [2.75, 3.05) is 26.3 Å². The molecule has 0 radical (unpaired) electrons. The van der Waals surface area contributed by atoms with E-state index in [1.54, 1.807) is 0 Å². The molecule has 0 aromatic heterocycles. The number of ether oxygens (including phenoxy) is 1. The molecule has 1 unspecified atom stereocenters. The molecule has 0 spiro atoms. The van der Waals surface area contributed by atoms with Gasteiger partial charge in [0.2, 0.25) is 5.91 Å². The number of carbonyl (C=O) groups is 1. The van der Waals surface area contributed by atoms with Crippen LogP contribution in [0.5, 0.6) is 0 Å². The van der Waals surface area contributed by atoms with Crippen LogP contribution in [0.4, 0.5) is 0 Å². The number of rotatable bonds is 2. The third-order valence-electron chi connectivity index (χ3n) is 4.24. The molecule has 1 aliphatic heterocycles. The van der Waals surface area contributed by atoms with Gasteiger partial charge in [-0.3, -0.25) is 4.79 Å². The lowest BCUT2D eigenvalue weighted by Crippen LogP contribution is -2.53. The monoisotopic (exact) mass is 254 g/mol. The van der Waals surface area contributed by atoms with E-state index < -0.39 is 0 Å². The van der Waals surface area contributed by atoms with E-state index in [-0.39, 0.29) is 12.0 Å². The predicted octanol–water partition coefficient (Wildman–Crippen LogP) is 1.53. The fourth-order valence-electron chi connectivity index (χ4n) is 3.08. The first-order valence-corrected chi connectivity index (χ1v) is 7.41. The minimum atomic E-state index is 0.0942. The van der Waals surface area contributed by atoms with Gasteiger partial charge in [0.15, 0.2) is 0 Å². The molecular weight excluding hydrogens is 228 g/mol. The van der Waals surface area contributed by atoms with Crippen molar-refractivity contribution in [2.45, 2.75) is 51.0 Å². The molecule has 2 N–H and O–H groups in total. The Morgan fingerprint density at radius 1 is 1.17 bits per heavy atom. The topological polar surface area (TPSA) is 55.6 Å². The zero-order valence-electron chi connectivity index (χ0n) is 11.3. The molecule has 1 aliphatic carbocycles. The van der Waals surface area contributed by atoms with Crippen LogP contribution in [0.25, 0.3) is 0 Å². The number of nitrogens with zero attached hydrogens (tertiary/aromatic N) is 1. The maximum absolute atomic E-state index is 12.6. The zero-order valence-corrected chi connectivity index (χ0v) is 11.3. The van der Waals surface area contributed by atoms with Gasteiger partial charge in [0.25, 0.3) is 0 Å². The fourth-order valence-corrected chi connectivity index (χ4v) is 3.08. The van der Waals surface area contributed by atoms with Gasteiger partial charge in [-0.1, -0.05) is 32.1 Å². The van der Waals surface area contributed by atoms with Gasteiger partial charge in [0.05, 0.1) is 19.3 Å². The highest BCUT2D eigenvalue weighted by atomic mass is 16.5. The Balaban J connectivity index is 1.94. The van der Waals surface area contributed by atoms with Crippen LogP contribution >= 0.6 is 0 Å². The molecule has 2 rings (SSSR count). The number of hydrogen-bond acceptors (Lipinski definition) is 3. The second-order valence-corrected chi connectivity index (χ2v) is 5.54. The fraction of sp³-hybridized carbons (Fsp3) is 0.929. The highest BCUT2D eigenvalue weighted by Crippen LogP contribution is 2.25. The lowest BCUT2D eigenvalue weighted by Gasteiger charge is -2.37. The Bertz CT molecular complexity index is 263. The van der Waals surface area contributed by atoms with Crippen LogP contribution in [0.3, 0.4) is 0 Å². The Hall–Kier alpha value is -0.610. The molecule has 1 saturated carbocycles. The zero-order chi connectivity index (χ0) is 12.8. The van der Waals surface area contributed by atoms with E-state index >= 15 is 0 Å². The first kappa shape index (κ1) is 13.8. The van der Waals surface area contributed by atoms with Gasteiger partial charge in [0, 0.05) is 19.0 Å². The van der Waals surface area contributed by atoms with E-state index in [1.165, 1.54) is 32.1 Å². The third kappa shape index (κ3) is 3.45. The lowest BCUT2D eigenvalue weighted by atomic mass is 9.89. The number of nitrogens with two attached hydrogens (primary N) is 1. The van der Waals surface area contributed by atoms with Gasteiger partial charge in [-0.2, -0.15) is 0 Å². The summed E-state index contributed by atoms with van der Waals surface area (Å²) in [4.78, 5) is 14.6. The number of carbonyl (C=O) groups excluding carboxylic acids is 1. The summed E-state index contributed by atoms with van der Waals surface area (Å²) in [5.74, 6) is 0.563. The van der Waals surface area contributed by atoms with Crippen molar-refractivity contribution in [1.82, 2.24) is 4.90 Å². The summed E-state index contributed by atoms with van der Waals surface area (Å²) >= 11 is 0. The lowest BCUT2D eigenvalue weighted by molar-refractivity contribution is -0.144. The predicted molar refractivity (Wildman–Crippen MR) is 71.2 cm³/mol. The largest absolute Gasteiger partial charge is 0.377 e. The number of hydrogen-bond donors (Lipinski definition) is 1. The van der Waals surface area contributed by atoms with Crippen LogP contribution in [0.15, 0.2) is 0 Å². The van der Waals surface area contributed by atoms with Crippen LogP contribution in [0.2, 0.25) is 0 Å². The number of amides is 1. The molecule has 1 saturated heterocycles. The van der Waals surface area contributed by atoms with Gasteiger partial charge in [-0.05, 0) is 12.8 Å². The van der Waals surface area contributed by atoms with Gasteiger partial charge in [-0.25, -0.2) is 0 Å². The summed E-state index contributed by atoms with van der Waals surface area (Å²) in [5, 5.41) is 0. The summed E-state index contributed by atoms with van der Waals surface area (Å²) < 4.78 is 5.41. The van der Waals surface area contributed by atoms with E-state index in [0.717, 1.165) is 19.4 Å². The van der Waals surface area contributed by atoms with Gasteiger partial charge in [0.1, 0.15) is 0 Å². The smallest absolute Gasteiger partial charge is 0.226 e. The molecule has 4 heteroatoms. The molecule has 0 aromatic rings. The van der Waals surface area contributed by atoms with E-state index in [9.17, 15) is 4.79 Å². The first-order chi connectivity index (χ1) is 8.83. The molecule has 2 aliphatic rings. The molecule has 104 valence electrons. The van der Waals surface area contributed by atoms with Gasteiger partial charge >= 0.3 is 0 Å². The standard InChI is InChI=1S/C14H26N2O2/c15-10-13-11-18-9-8-16(13)14(17)12-6-4-2-1-3-5-7-12/h12-13H,1-11,15H2. The van der Waals surface area contributed by atoms with E-state index in [0.29, 0.717) is 25.7 Å². The van der Waals surface area contributed by atoms with Crippen LogP contribution in [-0.4, -0.2) is 43.2 Å². The van der Waals surface area contributed by atoms with E-state index in [4.69, 9.17) is 10.5 Å². The van der Waals surface area contributed by atoms with Crippen molar-refractivity contribution in [3.05, 3.63) is 0 Å². The number of morpholine rings is 1. The minimum absolute atomic E-state index is 0.0942. The molecule has 1 amide bonds. The quantitative estimate of drug-likeness (QED) is 0.813. The summed E-state index contributed by atoms with van der Waals surface area (Å²) in [6.45, 7) is 2.50. The van der Waals surface area contributed by atoms with Crippen molar-refractivity contribution < 1.29 is 9.53 Å². The van der Waals surface area contributed by atoms with Crippen molar-refractivity contribution in [3.8, 4) is 0 Å². The van der Waals surface area contributed by atoms with Gasteiger partial charge < -0.3 is 15.4 Å². The molecule has 4 nitrogen and oxygen atoms in total. The van der Waals surface area contributed by atoms with Crippen molar-refractivity contribution in [2.24, 2.45) is 11.7 Å². The average molecular weight is 254 g/mol. The second-order valence-electron chi connectivity index (χ2n) is 5.54. The van der Waals surface area contributed by atoms with E-state index in [2.05, 4.69) is 0 Å². The SMILES string of the molecule is NCC1COCCN1C(=O)C1CCCCCCC1. The van der Waals surface area contributed by atoms with Crippen LogP contribution < -0.4 is 5.73 Å². The second kappa shape index (κ2) is 7.10. The Morgan fingerprint density at radius 2 is 1.83 bits per heavy atom. The van der Waals surface area contributed by atoms with Crippen LogP contribution in [0.1, 0.15) is 44.9 Å². The summed E-state index contributed by atoms with van der Waals surface area (Å²) in [6, 6.07) is 0.0942. The van der Waals surface area contributed by atoms with E-state index in [1.807, 2.05) is 4.90 Å². The van der Waals surface area contributed by atoms with Crippen LogP contribution in [0, 0.1) is 5.92 Å². The molecular formula is C14H26N2O2. The molecule has 0 aromatic carbocycles. The summed E-state index contributed by atoms with van der Waals surface area (Å²) in [5.41, 5.74) is 5.74. The Labute approximate surface area is 110 Å². The van der Waals surface area contributed by atoms with Crippen LogP contribution in [-0.2, 0) is 9.53 Å². The van der Waals surface area contributed by atoms with Crippen molar-refractivity contribution in [1.29, 1.82) is 0 Å². The molecule has 18 heavy (non-hydrogen) atoms. The highest BCUT2D eigenvalue weighted by Gasteiger charge is 2.31. The Kier molecular flexibility index (Phi) is 5.45. The van der Waals surface area contributed by atoms with Crippen molar-refractivity contribution >= 4 is 5.91 Å². The normalized spacial score (nSPS) is 27.6. The third-order valence-corrected chi connectivity index (χ3v) is 4.24. The minimum Gasteiger partial charge on any atom is -0.377 e. The average Bonchev–Trinajstić information content (AvgIpc) is 2.37. The maximum atomic E-state index is 12.6. The molecule has 1 heterocycles. The summed E-state index contributed by atoms with van der Waals surface area (Å²) in [7, 11) is 0. The maximum Gasteiger partial charge on any atom is 0.226 e. The van der Waals surface area contributed by atoms with Crippen molar-refractivity contribution in [3.63, 3.8) is 0 Å². The molecule has 0 bridgehead atoms. The Morgan fingerprint density at radius 3 is 2.50 bits per heavy atom. The molecule has 2 fully saturated rings.